The third-order valence-corrected chi connectivity index (χ3v) is 6.16. The molecular weight excluding hydrogens is 440 g/mol. The molecule has 0 atom stereocenters. The zero-order chi connectivity index (χ0) is 23.0. The summed E-state index contributed by atoms with van der Waals surface area (Å²) in [6, 6.07) is 18.9. The Morgan fingerprint density at radius 2 is 1.79 bits per heavy atom. The minimum Gasteiger partial charge on any atom is -0.454 e. The van der Waals surface area contributed by atoms with E-state index in [0.717, 1.165) is 10.4 Å². The number of fused-ring (bicyclic) bond motifs is 1. The van der Waals surface area contributed by atoms with Gasteiger partial charge in [0.1, 0.15) is 6.54 Å². The van der Waals surface area contributed by atoms with Crippen molar-refractivity contribution in [3.63, 3.8) is 0 Å². The van der Waals surface area contributed by atoms with Gasteiger partial charge in [0.05, 0.1) is 13.2 Å². The molecule has 33 heavy (non-hydrogen) atoms. The second-order valence-corrected chi connectivity index (χ2v) is 8.63. The first-order chi connectivity index (χ1) is 16.1. The maximum absolute atomic E-state index is 13.4. The minimum absolute atomic E-state index is 0.0468. The summed E-state index contributed by atoms with van der Waals surface area (Å²) in [6.07, 6.45) is 0. The number of benzene rings is 2. The summed E-state index contributed by atoms with van der Waals surface area (Å²) < 4.78 is 15.9. The first kappa shape index (κ1) is 22.8. The Morgan fingerprint density at radius 3 is 2.55 bits per heavy atom. The summed E-state index contributed by atoms with van der Waals surface area (Å²) in [5, 5.41) is 1.99. The predicted molar refractivity (Wildman–Crippen MR) is 125 cm³/mol. The lowest BCUT2D eigenvalue weighted by Crippen LogP contribution is -2.43. The lowest BCUT2D eigenvalue weighted by atomic mass is 10.1. The van der Waals surface area contributed by atoms with Gasteiger partial charge in [-0.3, -0.25) is 9.59 Å². The molecule has 1 aliphatic rings. The second-order valence-electron chi connectivity index (χ2n) is 7.60. The van der Waals surface area contributed by atoms with Crippen molar-refractivity contribution in [2.75, 3.05) is 33.6 Å². The molecule has 0 N–H and O–H groups in total. The van der Waals surface area contributed by atoms with E-state index in [9.17, 15) is 9.59 Å². The maximum atomic E-state index is 13.4. The van der Waals surface area contributed by atoms with E-state index in [1.54, 1.807) is 41.5 Å². The fourth-order valence-electron chi connectivity index (χ4n) is 3.56. The molecule has 4 rings (SSSR count). The molecule has 0 bridgehead atoms. The molecule has 0 unspecified atom stereocenters. The lowest BCUT2D eigenvalue weighted by Gasteiger charge is -2.27. The molecule has 2 aromatic carbocycles. The molecule has 172 valence electrons. The van der Waals surface area contributed by atoms with Crippen LogP contribution in [0.1, 0.15) is 20.8 Å². The van der Waals surface area contributed by atoms with Gasteiger partial charge in [0.15, 0.2) is 11.5 Å². The molecular formula is C25H26N2O5S. The molecule has 3 aromatic rings. The van der Waals surface area contributed by atoms with Crippen LogP contribution in [0.15, 0.2) is 66.0 Å². The number of hydrogen-bond donors (Lipinski definition) is 0. The van der Waals surface area contributed by atoms with E-state index in [1.807, 2.05) is 47.8 Å². The molecule has 2 amide bonds. The Kier molecular flexibility index (Phi) is 7.59. The summed E-state index contributed by atoms with van der Waals surface area (Å²) in [6.45, 7) is 1.67. The van der Waals surface area contributed by atoms with Crippen LogP contribution >= 0.6 is 11.3 Å². The van der Waals surface area contributed by atoms with E-state index in [0.29, 0.717) is 43.3 Å². The van der Waals surface area contributed by atoms with Crippen molar-refractivity contribution < 1.29 is 23.8 Å². The van der Waals surface area contributed by atoms with Crippen LogP contribution in [0.3, 0.4) is 0 Å². The maximum Gasteiger partial charge on any atom is 0.254 e. The van der Waals surface area contributed by atoms with Crippen molar-refractivity contribution in [2.45, 2.75) is 13.1 Å². The fourth-order valence-corrected chi connectivity index (χ4v) is 4.28. The van der Waals surface area contributed by atoms with Gasteiger partial charge in [-0.25, -0.2) is 0 Å². The van der Waals surface area contributed by atoms with Gasteiger partial charge in [-0.2, -0.15) is 0 Å². The van der Waals surface area contributed by atoms with Crippen LogP contribution in [-0.2, 0) is 22.6 Å². The number of amides is 2. The van der Waals surface area contributed by atoms with Gasteiger partial charge >= 0.3 is 0 Å². The van der Waals surface area contributed by atoms with E-state index in [2.05, 4.69) is 0 Å². The van der Waals surface area contributed by atoms with Crippen LogP contribution in [0.5, 0.6) is 11.5 Å². The van der Waals surface area contributed by atoms with Gasteiger partial charge in [-0.05, 0) is 35.2 Å². The third-order valence-electron chi connectivity index (χ3n) is 5.29. The average Bonchev–Trinajstić information content (AvgIpc) is 3.53. The number of hydrogen-bond acceptors (Lipinski definition) is 6. The monoisotopic (exact) mass is 466 g/mol. The van der Waals surface area contributed by atoms with Crippen molar-refractivity contribution in [1.82, 2.24) is 9.80 Å². The normalized spacial score (nSPS) is 11.9. The zero-order valence-electron chi connectivity index (χ0n) is 18.4. The second kappa shape index (κ2) is 11.0. The molecule has 7 nitrogen and oxygen atoms in total. The predicted octanol–water partition coefficient (Wildman–Crippen LogP) is 3.79. The van der Waals surface area contributed by atoms with Gasteiger partial charge < -0.3 is 24.0 Å². The van der Waals surface area contributed by atoms with E-state index in [-0.39, 0.29) is 25.2 Å². The van der Waals surface area contributed by atoms with Crippen molar-refractivity contribution >= 4 is 23.2 Å². The molecule has 8 heteroatoms. The first-order valence-electron chi connectivity index (χ1n) is 10.7. The van der Waals surface area contributed by atoms with Crippen molar-refractivity contribution in [3.8, 4) is 11.5 Å². The van der Waals surface area contributed by atoms with Gasteiger partial charge in [-0.1, -0.05) is 36.4 Å². The highest BCUT2D eigenvalue weighted by atomic mass is 32.1. The SMILES string of the molecule is COCCN(CC(=O)N(Cc1ccccc1)Cc1cccs1)C(=O)c1ccc2c(c1)OCO2. The Bertz CT molecular complexity index is 1070. The van der Waals surface area contributed by atoms with E-state index >= 15 is 0 Å². The number of thiophene rings is 1. The summed E-state index contributed by atoms with van der Waals surface area (Å²) in [5.74, 6) is 0.755. The molecule has 0 aliphatic carbocycles. The van der Waals surface area contributed by atoms with Gasteiger partial charge in [-0.15, -0.1) is 11.3 Å². The van der Waals surface area contributed by atoms with Crippen LogP contribution in [0.4, 0.5) is 0 Å². The number of rotatable bonds is 10. The topological polar surface area (TPSA) is 68.3 Å². The first-order valence-corrected chi connectivity index (χ1v) is 11.5. The number of carbonyl (C=O) groups is 2. The molecule has 0 saturated carbocycles. The van der Waals surface area contributed by atoms with Gasteiger partial charge in [0.2, 0.25) is 12.7 Å². The summed E-state index contributed by atoms with van der Waals surface area (Å²) in [5.41, 5.74) is 1.48. The number of carbonyl (C=O) groups excluding carboxylic acids is 2. The van der Waals surface area contributed by atoms with Gasteiger partial charge in [0, 0.05) is 30.6 Å². The lowest BCUT2D eigenvalue weighted by molar-refractivity contribution is -0.133. The van der Waals surface area contributed by atoms with Crippen LogP contribution in [0.2, 0.25) is 0 Å². The quantitative estimate of drug-likeness (QED) is 0.455. The standard InChI is InChI=1S/C25H26N2O5S/c1-30-12-11-26(25(29)20-9-10-22-23(14-20)32-18-31-22)17-24(28)27(16-21-8-5-13-33-21)15-19-6-3-2-4-7-19/h2-10,13-14H,11-12,15-18H2,1H3. The van der Waals surface area contributed by atoms with Crippen LogP contribution in [0.25, 0.3) is 0 Å². The number of methoxy groups -OCH3 is 1. The minimum atomic E-state index is -0.255. The summed E-state index contributed by atoms with van der Waals surface area (Å²) >= 11 is 1.61. The zero-order valence-corrected chi connectivity index (χ0v) is 19.3. The molecule has 1 aliphatic heterocycles. The van der Waals surface area contributed by atoms with Crippen LogP contribution in [-0.4, -0.2) is 55.2 Å². The Morgan fingerprint density at radius 1 is 0.970 bits per heavy atom. The summed E-state index contributed by atoms with van der Waals surface area (Å²) in [4.78, 5) is 31.1. The fraction of sp³-hybridized carbons (Fsp3) is 0.280. The molecule has 0 spiro atoms. The average molecular weight is 467 g/mol. The Hall–Kier alpha value is -3.36. The highest BCUT2D eigenvalue weighted by molar-refractivity contribution is 7.09. The molecule has 0 fully saturated rings. The summed E-state index contributed by atoms with van der Waals surface area (Å²) in [7, 11) is 1.57. The smallest absolute Gasteiger partial charge is 0.254 e. The Balaban J connectivity index is 1.52. The van der Waals surface area contributed by atoms with Crippen molar-refractivity contribution in [1.29, 1.82) is 0 Å². The molecule has 1 aromatic heterocycles. The number of nitrogens with zero attached hydrogens (tertiary/aromatic N) is 2. The van der Waals surface area contributed by atoms with Crippen molar-refractivity contribution in [3.05, 3.63) is 82.0 Å². The third kappa shape index (κ3) is 5.91. The van der Waals surface area contributed by atoms with Crippen molar-refractivity contribution in [2.24, 2.45) is 0 Å². The Labute approximate surface area is 197 Å². The largest absolute Gasteiger partial charge is 0.454 e. The van der Waals surface area contributed by atoms with E-state index in [1.165, 1.54) is 4.90 Å². The highest BCUT2D eigenvalue weighted by Gasteiger charge is 2.24. The van der Waals surface area contributed by atoms with Gasteiger partial charge in [0.25, 0.3) is 5.91 Å². The van der Waals surface area contributed by atoms with Crippen LogP contribution < -0.4 is 9.47 Å². The molecule has 0 radical (unpaired) electrons. The van der Waals surface area contributed by atoms with E-state index in [4.69, 9.17) is 14.2 Å². The highest BCUT2D eigenvalue weighted by Crippen LogP contribution is 2.32. The molecule has 0 saturated heterocycles. The van der Waals surface area contributed by atoms with Crippen LogP contribution in [0, 0.1) is 0 Å². The van der Waals surface area contributed by atoms with E-state index < -0.39 is 0 Å². The number of ether oxygens (including phenoxy) is 3. The molecule has 2 heterocycles.